The first kappa shape index (κ1) is 12.5. The summed E-state index contributed by atoms with van der Waals surface area (Å²) < 4.78 is 1.92. The summed E-state index contributed by atoms with van der Waals surface area (Å²) in [4.78, 5) is 0. The normalized spacial score (nSPS) is 10.6. The fourth-order valence-electron chi connectivity index (χ4n) is 1.69. The maximum atomic E-state index is 8.71. The van der Waals surface area contributed by atoms with Gasteiger partial charge in [0, 0.05) is 19.3 Å². The zero-order chi connectivity index (χ0) is 12.8. The van der Waals surface area contributed by atoms with Crippen LogP contribution in [0.2, 0.25) is 0 Å². The third-order valence-electron chi connectivity index (χ3n) is 2.50. The van der Waals surface area contributed by atoms with Crippen LogP contribution in [0.4, 0.5) is 5.82 Å². The summed E-state index contributed by atoms with van der Waals surface area (Å²) in [6.07, 6.45) is 2.79. The summed E-state index contributed by atoms with van der Waals surface area (Å²) in [5.74, 6) is 0.661. The molecule has 2 aromatic rings. The molecule has 2 rings (SSSR count). The molecule has 6 nitrogen and oxygen atoms in total. The van der Waals surface area contributed by atoms with Crippen LogP contribution in [0.3, 0.4) is 0 Å². The molecule has 0 aliphatic carbocycles. The SMILES string of the molecule is CCCn1nccc1-c1ccc(NCCO)nn1. The van der Waals surface area contributed by atoms with Gasteiger partial charge in [0.15, 0.2) is 0 Å². The highest BCUT2D eigenvalue weighted by Gasteiger charge is 2.06. The lowest BCUT2D eigenvalue weighted by molar-refractivity contribution is 0.311. The van der Waals surface area contributed by atoms with Gasteiger partial charge in [0.05, 0.1) is 12.3 Å². The highest BCUT2D eigenvalue weighted by atomic mass is 16.3. The van der Waals surface area contributed by atoms with Crippen molar-refractivity contribution in [3.63, 3.8) is 0 Å². The van der Waals surface area contributed by atoms with E-state index < -0.39 is 0 Å². The van der Waals surface area contributed by atoms with E-state index in [9.17, 15) is 0 Å². The second-order valence-electron chi connectivity index (χ2n) is 3.89. The number of hydrogen-bond donors (Lipinski definition) is 2. The maximum Gasteiger partial charge on any atom is 0.148 e. The Bertz CT molecular complexity index is 479. The number of anilines is 1. The lowest BCUT2D eigenvalue weighted by Gasteiger charge is -2.06. The summed E-state index contributed by atoms with van der Waals surface area (Å²) >= 11 is 0. The number of nitrogens with one attached hydrogen (secondary N) is 1. The van der Waals surface area contributed by atoms with Crippen LogP contribution in [0.15, 0.2) is 24.4 Å². The number of hydrogen-bond acceptors (Lipinski definition) is 5. The predicted molar refractivity (Wildman–Crippen MR) is 69.1 cm³/mol. The van der Waals surface area contributed by atoms with Gasteiger partial charge < -0.3 is 10.4 Å². The van der Waals surface area contributed by atoms with Crippen molar-refractivity contribution in [1.29, 1.82) is 0 Å². The van der Waals surface area contributed by atoms with Crippen molar-refractivity contribution >= 4 is 5.82 Å². The molecule has 0 aliphatic rings. The Balaban J connectivity index is 2.15. The highest BCUT2D eigenvalue weighted by molar-refractivity contribution is 5.54. The summed E-state index contributed by atoms with van der Waals surface area (Å²) in [5, 5.41) is 24.1. The molecule has 2 aromatic heterocycles. The van der Waals surface area contributed by atoms with E-state index in [1.54, 1.807) is 6.20 Å². The van der Waals surface area contributed by atoms with Crippen LogP contribution < -0.4 is 5.32 Å². The van der Waals surface area contributed by atoms with Gasteiger partial charge in [-0.25, -0.2) is 0 Å². The molecular formula is C12H17N5O. The van der Waals surface area contributed by atoms with E-state index in [2.05, 4.69) is 27.5 Å². The molecule has 2 heterocycles. The summed E-state index contributed by atoms with van der Waals surface area (Å²) in [6.45, 7) is 3.53. The van der Waals surface area contributed by atoms with E-state index in [0.717, 1.165) is 24.4 Å². The van der Waals surface area contributed by atoms with E-state index in [1.165, 1.54) is 0 Å². The van der Waals surface area contributed by atoms with Crippen molar-refractivity contribution in [2.45, 2.75) is 19.9 Å². The largest absolute Gasteiger partial charge is 0.395 e. The fraction of sp³-hybridized carbons (Fsp3) is 0.417. The molecule has 0 radical (unpaired) electrons. The molecule has 0 aliphatic heterocycles. The lowest BCUT2D eigenvalue weighted by Crippen LogP contribution is -2.08. The number of nitrogens with zero attached hydrogens (tertiary/aromatic N) is 4. The smallest absolute Gasteiger partial charge is 0.148 e. The Morgan fingerprint density at radius 2 is 2.17 bits per heavy atom. The van der Waals surface area contributed by atoms with Gasteiger partial charge in [0.1, 0.15) is 11.5 Å². The van der Waals surface area contributed by atoms with Crippen LogP contribution >= 0.6 is 0 Å². The van der Waals surface area contributed by atoms with Gasteiger partial charge in [0.2, 0.25) is 0 Å². The summed E-state index contributed by atoms with van der Waals surface area (Å²) in [7, 11) is 0. The minimum Gasteiger partial charge on any atom is -0.395 e. The zero-order valence-electron chi connectivity index (χ0n) is 10.4. The average molecular weight is 247 g/mol. The van der Waals surface area contributed by atoms with Crippen LogP contribution in [0.5, 0.6) is 0 Å². The molecule has 0 fully saturated rings. The number of aliphatic hydroxyl groups is 1. The minimum atomic E-state index is 0.0761. The van der Waals surface area contributed by atoms with Crippen LogP contribution in [-0.2, 0) is 6.54 Å². The van der Waals surface area contributed by atoms with Gasteiger partial charge in [-0.15, -0.1) is 10.2 Å². The van der Waals surface area contributed by atoms with E-state index >= 15 is 0 Å². The molecule has 0 saturated carbocycles. The Kier molecular flexibility index (Phi) is 4.25. The topological polar surface area (TPSA) is 75.9 Å². The van der Waals surface area contributed by atoms with Gasteiger partial charge in [-0.1, -0.05) is 6.92 Å². The van der Waals surface area contributed by atoms with Crippen molar-refractivity contribution in [2.75, 3.05) is 18.5 Å². The first-order chi connectivity index (χ1) is 8.85. The molecule has 0 bridgehead atoms. The number of rotatable bonds is 6. The van der Waals surface area contributed by atoms with Crippen LogP contribution in [0, 0.1) is 0 Å². The molecule has 0 amide bonds. The molecule has 0 unspecified atom stereocenters. The third-order valence-corrected chi connectivity index (χ3v) is 2.50. The second-order valence-corrected chi connectivity index (χ2v) is 3.89. The van der Waals surface area contributed by atoms with Crippen molar-refractivity contribution in [1.82, 2.24) is 20.0 Å². The summed E-state index contributed by atoms with van der Waals surface area (Å²) in [6, 6.07) is 5.68. The van der Waals surface area contributed by atoms with E-state index in [1.807, 2.05) is 22.9 Å². The molecule has 18 heavy (non-hydrogen) atoms. The highest BCUT2D eigenvalue weighted by Crippen LogP contribution is 2.16. The maximum absolute atomic E-state index is 8.71. The quantitative estimate of drug-likeness (QED) is 0.801. The van der Waals surface area contributed by atoms with Gasteiger partial charge in [-0.2, -0.15) is 5.10 Å². The average Bonchev–Trinajstić information content (AvgIpc) is 2.86. The Hall–Kier alpha value is -1.95. The third kappa shape index (κ3) is 2.84. The molecule has 0 atom stereocenters. The monoisotopic (exact) mass is 247 g/mol. The second kappa shape index (κ2) is 6.11. The Morgan fingerprint density at radius 1 is 1.28 bits per heavy atom. The lowest BCUT2D eigenvalue weighted by atomic mass is 10.3. The summed E-state index contributed by atoms with van der Waals surface area (Å²) in [5.41, 5.74) is 1.77. The zero-order valence-corrected chi connectivity index (χ0v) is 10.4. The van der Waals surface area contributed by atoms with Crippen molar-refractivity contribution in [3.8, 4) is 11.4 Å². The predicted octanol–water partition coefficient (Wildman–Crippen LogP) is 1.15. The van der Waals surface area contributed by atoms with Crippen LogP contribution in [0.1, 0.15) is 13.3 Å². The number of aromatic nitrogens is 4. The van der Waals surface area contributed by atoms with Crippen molar-refractivity contribution in [2.24, 2.45) is 0 Å². The number of aryl methyl sites for hydroxylation is 1. The van der Waals surface area contributed by atoms with Crippen LogP contribution in [0.25, 0.3) is 11.4 Å². The molecule has 0 spiro atoms. The first-order valence-electron chi connectivity index (χ1n) is 6.05. The van der Waals surface area contributed by atoms with Gasteiger partial charge in [-0.3, -0.25) is 4.68 Å². The van der Waals surface area contributed by atoms with Crippen molar-refractivity contribution < 1.29 is 5.11 Å². The Labute approximate surface area is 106 Å². The van der Waals surface area contributed by atoms with E-state index in [-0.39, 0.29) is 6.61 Å². The first-order valence-corrected chi connectivity index (χ1v) is 6.05. The molecule has 2 N–H and O–H groups in total. The molecule has 96 valence electrons. The van der Waals surface area contributed by atoms with Gasteiger partial charge in [0.25, 0.3) is 0 Å². The fourth-order valence-corrected chi connectivity index (χ4v) is 1.69. The molecule has 0 aromatic carbocycles. The molecular weight excluding hydrogens is 230 g/mol. The van der Waals surface area contributed by atoms with Gasteiger partial charge in [-0.05, 0) is 24.6 Å². The van der Waals surface area contributed by atoms with Crippen LogP contribution in [-0.4, -0.2) is 38.2 Å². The minimum absolute atomic E-state index is 0.0761. The van der Waals surface area contributed by atoms with Gasteiger partial charge >= 0.3 is 0 Å². The molecule has 0 saturated heterocycles. The van der Waals surface area contributed by atoms with Crippen molar-refractivity contribution in [3.05, 3.63) is 24.4 Å². The Morgan fingerprint density at radius 3 is 2.83 bits per heavy atom. The number of aliphatic hydroxyl groups excluding tert-OH is 1. The standard InChI is InChI=1S/C12H17N5O/c1-2-8-17-11(5-6-14-17)10-3-4-12(16-15-10)13-7-9-18/h3-6,18H,2,7-9H2,1H3,(H,13,16). The molecule has 6 heteroatoms. The van der Waals surface area contributed by atoms with E-state index in [0.29, 0.717) is 12.4 Å². The van der Waals surface area contributed by atoms with E-state index in [4.69, 9.17) is 5.11 Å².